The van der Waals surface area contributed by atoms with Gasteiger partial charge >= 0.3 is 0 Å². The predicted octanol–water partition coefficient (Wildman–Crippen LogP) is 4.10. The average molecular weight is 240 g/mol. The molecule has 0 fully saturated rings. The minimum Gasteiger partial charge on any atom is -0.462 e. The Labute approximate surface area is 107 Å². The largest absolute Gasteiger partial charge is 0.462 e. The van der Waals surface area contributed by atoms with Gasteiger partial charge in [0.15, 0.2) is 5.78 Å². The van der Waals surface area contributed by atoms with E-state index in [2.05, 4.69) is 0 Å². The first-order valence-electron chi connectivity index (χ1n) is 5.92. The third-order valence-corrected chi connectivity index (χ3v) is 2.95. The normalized spacial score (nSPS) is 11.1. The molecule has 0 aliphatic heterocycles. The van der Waals surface area contributed by atoms with E-state index in [1.54, 1.807) is 12.2 Å². The fourth-order valence-electron chi connectivity index (χ4n) is 1.69. The van der Waals surface area contributed by atoms with Crippen molar-refractivity contribution in [2.75, 3.05) is 0 Å². The molecule has 0 unspecified atom stereocenters. The Kier molecular flexibility index (Phi) is 3.47. The highest BCUT2D eigenvalue weighted by Crippen LogP contribution is 2.12. The number of aryl methyl sites for hydroxylation is 3. The lowest BCUT2D eigenvalue weighted by Gasteiger charge is -2.01. The van der Waals surface area contributed by atoms with Gasteiger partial charge in [0.25, 0.3) is 0 Å². The topological polar surface area (TPSA) is 30.2 Å². The molecule has 0 aliphatic rings. The van der Waals surface area contributed by atoms with Crippen LogP contribution in [0.1, 0.15) is 33.0 Å². The Morgan fingerprint density at radius 3 is 2.44 bits per heavy atom. The van der Waals surface area contributed by atoms with Crippen LogP contribution in [-0.4, -0.2) is 5.78 Å². The summed E-state index contributed by atoms with van der Waals surface area (Å²) in [6.07, 6.45) is 3.24. The summed E-state index contributed by atoms with van der Waals surface area (Å²) in [5.41, 5.74) is 3.03. The van der Waals surface area contributed by atoms with Gasteiger partial charge in [-0.2, -0.15) is 0 Å². The maximum absolute atomic E-state index is 12.0. The number of benzene rings is 1. The molecule has 0 atom stereocenters. The molecule has 0 radical (unpaired) electrons. The molecule has 2 rings (SSSR count). The highest BCUT2D eigenvalue weighted by atomic mass is 16.3. The fraction of sp³-hybridized carbons (Fsp3) is 0.188. The summed E-state index contributed by atoms with van der Waals surface area (Å²) in [6.45, 7) is 5.92. The molecule has 0 N–H and O–H groups in total. The molecule has 1 heterocycles. The van der Waals surface area contributed by atoms with E-state index in [0.717, 1.165) is 11.3 Å². The van der Waals surface area contributed by atoms with Crippen LogP contribution >= 0.6 is 0 Å². The molecule has 92 valence electrons. The van der Waals surface area contributed by atoms with Crippen molar-refractivity contribution in [3.05, 3.63) is 64.6 Å². The number of carbonyl (C=O) groups excluding carboxylic acids is 1. The Bertz CT molecular complexity index is 603. The second kappa shape index (κ2) is 5.05. The van der Waals surface area contributed by atoms with Crippen molar-refractivity contribution in [2.45, 2.75) is 20.8 Å². The Hall–Kier alpha value is -2.09. The smallest absolute Gasteiger partial charge is 0.185 e. The molecule has 2 aromatic rings. The summed E-state index contributed by atoms with van der Waals surface area (Å²) in [7, 11) is 0. The lowest BCUT2D eigenvalue weighted by Crippen LogP contribution is -1.95. The lowest BCUT2D eigenvalue weighted by molar-refractivity contribution is 0.104. The lowest BCUT2D eigenvalue weighted by atomic mass is 10.0. The Morgan fingerprint density at radius 2 is 1.83 bits per heavy atom. The van der Waals surface area contributed by atoms with Gasteiger partial charge in [-0.1, -0.05) is 12.1 Å². The molecule has 18 heavy (non-hydrogen) atoms. The second-order valence-electron chi connectivity index (χ2n) is 4.45. The molecule has 0 spiro atoms. The van der Waals surface area contributed by atoms with E-state index in [0.29, 0.717) is 11.3 Å². The molecular weight excluding hydrogens is 224 g/mol. The summed E-state index contributed by atoms with van der Waals surface area (Å²) >= 11 is 0. The van der Waals surface area contributed by atoms with Crippen molar-refractivity contribution >= 4 is 11.9 Å². The molecule has 1 aromatic carbocycles. The van der Waals surface area contributed by atoms with Crippen LogP contribution in [0.5, 0.6) is 0 Å². The summed E-state index contributed by atoms with van der Waals surface area (Å²) < 4.78 is 5.37. The Balaban J connectivity index is 2.16. The third-order valence-electron chi connectivity index (χ3n) is 2.95. The van der Waals surface area contributed by atoms with E-state index < -0.39 is 0 Å². The van der Waals surface area contributed by atoms with Gasteiger partial charge in [0.05, 0.1) is 0 Å². The quantitative estimate of drug-likeness (QED) is 0.597. The van der Waals surface area contributed by atoms with Crippen molar-refractivity contribution in [1.29, 1.82) is 0 Å². The molecule has 1 aromatic heterocycles. The zero-order valence-corrected chi connectivity index (χ0v) is 10.9. The highest BCUT2D eigenvalue weighted by molar-refractivity contribution is 6.06. The minimum atomic E-state index is -0.00727. The number of furan rings is 1. The molecule has 0 bridgehead atoms. The highest BCUT2D eigenvalue weighted by Gasteiger charge is 2.03. The van der Waals surface area contributed by atoms with E-state index in [9.17, 15) is 4.79 Å². The van der Waals surface area contributed by atoms with Gasteiger partial charge < -0.3 is 4.42 Å². The van der Waals surface area contributed by atoms with E-state index >= 15 is 0 Å². The van der Waals surface area contributed by atoms with Gasteiger partial charge in [0.1, 0.15) is 11.5 Å². The van der Waals surface area contributed by atoms with Crippen LogP contribution in [0.25, 0.3) is 6.08 Å². The van der Waals surface area contributed by atoms with Crippen molar-refractivity contribution in [3.63, 3.8) is 0 Å². The van der Waals surface area contributed by atoms with Gasteiger partial charge in [0, 0.05) is 5.56 Å². The standard InChI is InChI=1S/C16H16O2/c1-11-4-6-14(10-12(11)2)16(17)9-8-15-7-5-13(3)18-15/h4-10H,1-3H3. The summed E-state index contributed by atoms with van der Waals surface area (Å²) in [6, 6.07) is 9.45. The maximum Gasteiger partial charge on any atom is 0.185 e. The first kappa shape index (κ1) is 12.4. The van der Waals surface area contributed by atoms with Crippen molar-refractivity contribution in [2.24, 2.45) is 0 Å². The summed E-state index contributed by atoms with van der Waals surface area (Å²) in [4.78, 5) is 12.0. The zero-order valence-electron chi connectivity index (χ0n) is 10.9. The van der Waals surface area contributed by atoms with Crippen molar-refractivity contribution in [1.82, 2.24) is 0 Å². The third kappa shape index (κ3) is 2.77. The zero-order chi connectivity index (χ0) is 13.1. The predicted molar refractivity (Wildman–Crippen MR) is 72.7 cm³/mol. The first-order chi connectivity index (χ1) is 8.56. The van der Waals surface area contributed by atoms with Crippen LogP contribution in [0.4, 0.5) is 0 Å². The molecule has 0 saturated carbocycles. The minimum absolute atomic E-state index is 0.00727. The summed E-state index contributed by atoms with van der Waals surface area (Å²) in [5.74, 6) is 1.53. The van der Waals surface area contributed by atoms with Crippen LogP contribution in [0.2, 0.25) is 0 Å². The SMILES string of the molecule is Cc1ccc(C=CC(=O)c2ccc(C)c(C)c2)o1. The first-order valence-corrected chi connectivity index (χ1v) is 5.92. The molecule has 0 aliphatic carbocycles. The van der Waals surface area contributed by atoms with Gasteiger partial charge in [0.2, 0.25) is 0 Å². The fourth-order valence-corrected chi connectivity index (χ4v) is 1.69. The maximum atomic E-state index is 12.0. The molecule has 2 nitrogen and oxygen atoms in total. The average Bonchev–Trinajstić information content (AvgIpc) is 2.75. The molecular formula is C16H16O2. The van der Waals surface area contributed by atoms with E-state index in [1.165, 1.54) is 5.56 Å². The monoisotopic (exact) mass is 240 g/mol. The number of rotatable bonds is 3. The van der Waals surface area contributed by atoms with Crippen LogP contribution < -0.4 is 0 Å². The Morgan fingerprint density at radius 1 is 1.06 bits per heavy atom. The van der Waals surface area contributed by atoms with Crippen LogP contribution in [0, 0.1) is 20.8 Å². The molecule has 0 amide bonds. The second-order valence-corrected chi connectivity index (χ2v) is 4.45. The van der Waals surface area contributed by atoms with Gasteiger partial charge in [-0.25, -0.2) is 0 Å². The number of hydrogen-bond acceptors (Lipinski definition) is 2. The van der Waals surface area contributed by atoms with E-state index in [4.69, 9.17) is 4.42 Å². The van der Waals surface area contributed by atoms with E-state index in [-0.39, 0.29) is 5.78 Å². The van der Waals surface area contributed by atoms with E-state index in [1.807, 2.05) is 51.1 Å². The number of ketones is 1. The van der Waals surface area contributed by atoms with Gasteiger partial charge in [-0.05, 0) is 62.2 Å². The van der Waals surface area contributed by atoms with Gasteiger partial charge in [-0.15, -0.1) is 0 Å². The van der Waals surface area contributed by atoms with Crippen molar-refractivity contribution < 1.29 is 9.21 Å². The molecule has 0 saturated heterocycles. The van der Waals surface area contributed by atoms with Crippen LogP contribution in [0.3, 0.4) is 0 Å². The number of allylic oxidation sites excluding steroid dienone is 1. The van der Waals surface area contributed by atoms with Crippen LogP contribution in [-0.2, 0) is 0 Å². The molecule has 2 heteroatoms. The van der Waals surface area contributed by atoms with Crippen molar-refractivity contribution in [3.8, 4) is 0 Å². The van der Waals surface area contributed by atoms with Crippen LogP contribution in [0.15, 0.2) is 40.8 Å². The van der Waals surface area contributed by atoms with Gasteiger partial charge in [-0.3, -0.25) is 4.79 Å². The number of hydrogen-bond donors (Lipinski definition) is 0. The number of carbonyl (C=O) groups is 1. The summed E-state index contributed by atoms with van der Waals surface area (Å²) in [5, 5.41) is 0.